The molecule has 2 aromatic rings. The normalized spacial score (nSPS) is 27.6. The first-order chi connectivity index (χ1) is 11.7. The van der Waals surface area contributed by atoms with E-state index in [9.17, 15) is 0 Å². The number of piperidine rings is 1. The van der Waals surface area contributed by atoms with E-state index in [2.05, 4.69) is 32.2 Å². The molecule has 7 heteroatoms. The van der Waals surface area contributed by atoms with E-state index in [4.69, 9.17) is 9.47 Å². The fraction of sp³-hybridized carbons (Fsp3) is 0.588. The van der Waals surface area contributed by atoms with E-state index in [1.807, 2.05) is 0 Å². The molecule has 0 aliphatic carbocycles. The summed E-state index contributed by atoms with van der Waals surface area (Å²) in [5.41, 5.74) is 1.07. The van der Waals surface area contributed by atoms with Crippen LogP contribution in [-0.2, 0) is 11.3 Å². The maximum Gasteiger partial charge on any atom is 0.316 e. The minimum Gasteiger partial charge on any atom is -0.458 e. The third-order valence-corrected chi connectivity index (χ3v) is 5.48. The van der Waals surface area contributed by atoms with Crippen molar-refractivity contribution in [2.24, 2.45) is 0 Å². The summed E-state index contributed by atoms with van der Waals surface area (Å²) in [6.07, 6.45) is 6.58. The van der Waals surface area contributed by atoms with Gasteiger partial charge < -0.3 is 9.47 Å². The Morgan fingerprint density at radius 2 is 2.29 bits per heavy atom. The lowest BCUT2D eigenvalue weighted by Gasteiger charge is -2.39. The molecular formula is C17H22N4O2S. The van der Waals surface area contributed by atoms with E-state index in [1.165, 1.54) is 0 Å². The maximum atomic E-state index is 6.20. The van der Waals surface area contributed by atoms with Gasteiger partial charge in [0.05, 0.1) is 22.9 Å². The second kappa shape index (κ2) is 6.74. The number of aryl methyl sites for hydroxylation is 1. The molecule has 4 rings (SSSR count). The van der Waals surface area contributed by atoms with Crippen molar-refractivity contribution in [3.63, 3.8) is 0 Å². The Morgan fingerprint density at radius 3 is 3.08 bits per heavy atom. The second-order valence-corrected chi connectivity index (χ2v) is 7.70. The molecule has 2 atom stereocenters. The maximum absolute atomic E-state index is 6.20. The zero-order valence-corrected chi connectivity index (χ0v) is 14.7. The minimum atomic E-state index is -0.0945. The summed E-state index contributed by atoms with van der Waals surface area (Å²) in [4.78, 5) is 15.3. The summed E-state index contributed by atoms with van der Waals surface area (Å²) in [5, 5.41) is 3.29. The van der Waals surface area contributed by atoms with Gasteiger partial charge in [0.2, 0.25) is 0 Å². The van der Waals surface area contributed by atoms with Crippen molar-refractivity contribution in [1.82, 2.24) is 19.9 Å². The van der Waals surface area contributed by atoms with Crippen LogP contribution in [0.3, 0.4) is 0 Å². The van der Waals surface area contributed by atoms with Gasteiger partial charge in [-0.1, -0.05) is 0 Å². The highest BCUT2D eigenvalue weighted by Crippen LogP contribution is 2.36. The molecule has 2 aliphatic rings. The number of likely N-dealkylation sites (tertiary alicyclic amines) is 1. The number of ether oxygens (including phenoxy) is 2. The van der Waals surface area contributed by atoms with Gasteiger partial charge in [0.15, 0.2) is 0 Å². The highest BCUT2D eigenvalue weighted by atomic mass is 32.1. The lowest BCUT2D eigenvalue weighted by molar-refractivity contribution is -0.0540. The highest BCUT2D eigenvalue weighted by molar-refractivity contribution is 7.09. The molecule has 2 aliphatic heterocycles. The van der Waals surface area contributed by atoms with E-state index >= 15 is 0 Å². The zero-order valence-electron chi connectivity index (χ0n) is 13.9. The monoisotopic (exact) mass is 346 g/mol. The smallest absolute Gasteiger partial charge is 0.316 e. The van der Waals surface area contributed by atoms with Crippen LogP contribution in [0.5, 0.6) is 6.01 Å². The van der Waals surface area contributed by atoms with Crippen LogP contribution in [0.15, 0.2) is 23.8 Å². The average molecular weight is 346 g/mol. The van der Waals surface area contributed by atoms with Gasteiger partial charge in [0, 0.05) is 37.3 Å². The molecule has 0 N–H and O–H groups in total. The molecule has 0 bridgehead atoms. The Hall–Kier alpha value is -1.57. The van der Waals surface area contributed by atoms with Gasteiger partial charge >= 0.3 is 6.01 Å². The molecule has 128 valence electrons. The molecule has 4 heterocycles. The van der Waals surface area contributed by atoms with E-state index in [0.717, 1.165) is 49.6 Å². The molecule has 2 unspecified atom stereocenters. The molecule has 0 radical (unpaired) electrons. The lowest BCUT2D eigenvalue weighted by Crippen LogP contribution is -2.47. The predicted molar refractivity (Wildman–Crippen MR) is 91.1 cm³/mol. The molecule has 2 fully saturated rings. The highest BCUT2D eigenvalue weighted by Gasteiger charge is 2.44. The Kier molecular flexibility index (Phi) is 4.47. The number of hydrogen-bond acceptors (Lipinski definition) is 7. The number of thiazole rings is 1. The Balaban J connectivity index is 1.36. The Morgan fingerprint density at radius 1 is 1.42 bits per heavy atom. The van der Waals surface area contributed by atoms with Crippen molar-refractivity contribution in [2.45, 2.75) is 44.4 Å². The van der Waals surface area contributed by atoms with Crippen LogP contribution in [0.2, 0.25) is 0 Å². The summed E-state index contributed by atoms with van der Waals surface area (Å²) in [7, 11) is 0. The summed E-state index contributed by atoms with van der Waals surface area (Å²) in [6.45, 7) is 5.62. The lowest BCUT2D eigenvalue weighted by atomic mass is 9.89. The van der Waals surface area contributed by atoms with Crippen molar-refractivity contribution >= 4 is 11.3 Å². The van der Waals surface area contributed by atoms with Crippen LogP contribution in [0.4, 0.5) is 0 Å². The van der Waals surface area contributed by atoms with Crippen LogP contribution in [0.1, 0.15) is 30.0 Å². The molecule has 2 aromatic heterocycles. The van der Waals surface area contributed by atoms with Gasteiger partial charge in [0.1, 0.15) is 6.10 Å². The summed E-state index contributed by atoms with van der Waals surface area (Å²) in [6, 6.07) is 2.23. The Labute approximate surface area is 145 Å². The molecule has 1 spiro atoms. The van der Waals surface area contributed by atoms with Gasteiger partial charge in [-0.05, 0) is 32.4 Å². The van der Waals surface area contributed by atoms with Gasteiger partial charge in [-0.2, -0.15) is 0 Å². The first-order valence-electron chi connectivity index (χ1n) is 8.42. The molecule has 2 saturated heterocycles. The molecule has 24 heavy (non-hydrogen) atoms. The zero-order chi connectivity index (χ0) is 16.4. The van der Waals surface area contributed by atoms with Crippen molar-refractivity contribution < 1.29 is 9.47 Å². The topological polar surface area (TPSA) is 60.4 Å². The molecule has 0 aromatic carbocycles. The second-order valence-electron chi connectivity index (χ2n) is 6.64. The fourth-order valence-electron chi connectivity index (χ4n) is 3.69. The van der Waals surface area contributed by atoms with Gasteiger partial charge in [0.25, 0.3) is 0 Å². The van der Waals surface area contributed by atoms with Crippen LogP contribution in [0, 0.1) is 6.92 Å². The predicted octanol–water partition coefficient (Wildman–Crippen LogP) is 2.44. The average Bonchev–Trinajstić information content (AvgIpc) is 3.15. The first-order valence-corrected chi connectivity index (χ1v) is 9.30. The van der Waals surface area contributed by atoms with E-state index in [0.29, 0.717) is 12.6 Å². The van der Waals surface area contributed by atoms with E-state index in [1.54, 1.807) is 29.8 Å². The molecular weight excluding hydrogens is 324 g/mol. The molecule has 6 nitrogen and oxygen atoms in total. The van der Waals surface area contributed by atoms with Crippen molar-refractivity contribution in [2.75, 3.05) is 19.7 Å². The van der Waals surface area contributed by atoms with E-state index in [-0.39, 0.29) is 11.7 Å². The van der Waals surface area contributed by atoms with Crippen molar-refractivity contribution in [3.05, 3.63) is 34.5 Å². The minimum absolute atomic E-state index is 0.0360. The standard InChI is InChI=1S/C17H22N4O2S/c1-13-20-14(11-24-13)9-21-7-2-4-17(12-21)8-15(10-22-17)23-16-18-5-3-6-19-16/h3,5-6,11,15H,2,4,7-10,12H2,1H3. The summed E-state index contributed by atoms with van der Waals surface area (Å²) >= 11 is 1.72. The van der Waals surface area contributed by atoms with Gasteiger partial charge in [-0.3, -0.25) is 4.90 Å². The third-order valence-electron chi connectivity index (χ3n) is 4.66. The van der Waals surface area contributed by atoms with Gasteiger partial charge in [-0.25, -0.2) is 15.0 Å². The fourth-order valence-corrected chi connectivity index (χ4v) is 4.30. The number of aromatic nitrogens is 3. The van der Waals surface area contributed by atoms with Crippen LogP contribution in [0.25, 0.3) is 0 Å². The molecule has 0 amide bonds. The van der Waals surface area contributed by atoms with Crippen LogP contribution < -0.4 is 4.74 Å². The van der Waals surface area contributed by atoms with Crippen LogP contribution in [-0.4, -0.2) is 51.3 Å². The van der Waals surface area contributed by atoms with Crippen molar-refractivity contribution in [3.8, 4) is 6.01 Å². The van der Waals surface area contributed by atoms with Crippen LogP contribution >= 0.6 is 11.3 Å². The largest absolute Gasteiger partial charge is 0.458 e. The van der Waals surface area contributed by atoms with Crippen molar-refractivity contribution in [1.29, 1.82) is 0 Å². The molecule has 0 saturated carbocycles. The van der Waals surface area contributed by atoms with E-state index < -0.39 is 0 Å². The number of nitrogens with zero attached hydrogens (tertiary/aromatic N) is 4. The Bertz CT molecular complexity index is 680. The number of rotatable bonds is 4. The first kappa shape index (κ1) is 15.9. The van der Waals surface area contributed by atoms with Gasteiger partial charge in [-0.15, -0.1) is 11.3 Å². The SMILES string of the molecule is Cc1nc(CN2CCCC3(CC(Oc4ncccn4)CO3)C2)cs1. The number of hydrogen-bond donors (Lipinski definition) is 0. The third kappa shape index (κ3) is 3.58. The quantitative estimate of drug-likeness (QED) is 0.847. The summed E-state index contributed by atoms with van der Waals surface area (Å²) in [5.74, 6) is 0. The summed E-state index contributed by atoms with van der Waals surface area (Å²) < 4.78 is 12.1.